The molecule has 1 amide bonds. The Morgan fingerprint density at radius 2 is 2.07 bits per heavy atom. The molecule has 0 spiro atoms. The maximum atomic E-state index is 11.3. The molecule has 1 atom stereocenters. The molecule has 0 radical (unpaired) electrons. The van der Waals surface area contributed by atoms with Crippen LogP contribution in [0.15, 0.2) is 35.3 Å². The van der Waals surface area contributed by atoms with Gasteiger partial charge >= 0.3 is 0 Å². The summed E-state index contributed by atoms with van der Waals surface area (Å²) < 4.78 is 1.97. The molecule has 9 heteroatoms. The molecule has 0 saturated carbocycles. The van der Waals surface area contributed by atoms with Crippen molar-refractivity contribution in [2.24, 2.45) is 23.7 Å². The maximum absolute atomic E-state index is 11.3. The zero-order chi connectivity index (χ0) is 19.9. The highest BCUT2D eigenvalue weighted by atomic mass is 127. The van der Waals surface area contributed by atoms with Crippen molar-refractivity contribution in [3.63, 3.8) is 0 Å². The number of carbonyl (C=O) groups excluding carboxylic acids is 1. The zero-order valence-corrected chi connectivity index (χ0v) is 19.4. The molecular weight excluding hydrogens is 481 g/mol. The Balaban J connectivity index is 0.00000300. The van der Waals surface area contributed by atoms with E-state index in [1.54, 1.807) is 0 Å². The van der Waals surface area contributed by atoms with Crippen LogP contribution in [0.3, 0.4) is 0 Å². The number of aryl methyl sites for hydroxylation is 1. The first-order valence-corrected chi connectivity index (χ1v) is 9.73. The van der Waals surface area contributed by atoms with Gasteiger partial charge in [0.1, 0.15) is 5.82 Å². The third-order valence-electron chi connectivity index (χ3n) is 5.15. The number of piperidine rings is 1. The van der Waals surface area contributed by atoms with Crippen molar-refractivity contribution >= 4 is 35.8 Å². The van der Waals surface area contributed by atoms with Crippen molar-refractivity contribution in [3.8, 4) is 0 Å². The van der Waals surface area contributed by atoms with Crippen molar-refractivity contribution < 1.29 is 4.79 Å². The molecule has 1 unspecified atom stereocenters. The van der Waals surface area contributed by atoms with Gasteiger partial charge in [0.05, 0.1) is 13.1 Å². The number of halogens is 1. The quantitative estimate of drug-likeness (QED) is 0.351. The van der Waals surface area contributed by atoms with Crippen LogP contribution >= 0.6 is 24.0 Å². The second-order valence-corrected chi connectivity index (χ2v) is 7.33. The molecule has 29 heavy (non-hydrogen) atoms. The largest absolute Gasteiger partial charge is 0.370 e. The van der Waals surface area contributed by atoms with E-state index in [4.69, 9.17) is 10.7 Å². The molecule has 1 saturated heterocycles. The first-order valence-electron chi connectivity index (χ1n) is 9.73. The molecule has 1 aromatic heterocycles. The number of guanidine groups is 1. The van der Waals surface area contributed by atoms with Crippen LogP contribution in [0.4, 0.5) is 0 Å². The smallest absolute Gasteiger partial charge is 0.217 e. The lowest BCUT2D eigenvalue weighted by Crippen LogP contribution is -2.47. The van der Waals surface area contributed by atoms with Gasteiger partial charge in [-0.1, -0.05) is 30.3 Å². The number of aromatic nitrogens is 3. The van der Waals surface area contributed by atoms with Crippen molar-refractivity contribution in [1.29, 1.82) is 0 Å². The fraction of sp³-hybridized carbons (Fsp3) is 0.500. The standard InChI is InChI=1S/C20H29N7O.HI/c1-15-24-25-19(26(15)2)13-23-20(22-12-16-7-4-3-5-8-16)27-10-6-9-17(14-27)11-18(21)28;/h3-5,7-8,17H,6,9-14H2,1-2H3,(H2,21,28)(H,22,23);1H. The van der Waals surface area contributed by atoms with Gasteiger partial charge in [0.2, 0.25) is 5.91 Å². The third-order valence-corrected chi connectivity index (χ3v) is 5.15. The lowest BCUT2D eigenvalue weighted by atomic mass is 9.95. The van der Waals surface area contributed by atoms with Crippen LogP contribution in [-0.2, 0) is 24.9 Å². The topological polar surface area (TPSA) is 101 Å². The highest BCUT2D eigenvalue weighted by molar-refractivity contribution is 14.0. The summed E-state index contributed by atoms with van der Waals surface area (Å²) in [5.41, 5.74) is 6.57. The summed E-state index contributed by atoms with van der Waals surface area (Å²) in [6, 6.07) is 10.2. The average molecular weight is 511 g/mol. The van der Waals surface area contributed by atoms with Crippen molar-refractivity contribution in [2.75, 3.05) is 13.1 Å². The lowest BCUT2D eigenvalue weighted by molar-refractivity contribution is -0.119. The van der Waals surface area contributed by atoms with Gasteiger partial charge in [-0.15, -0.1) is 34.2 Å². The minimum absolute atomic E-state index is 0. The summed E-state index contributed by atoms with van der Waals surface area (Å²) in [5, 5.41) is 11.8. The molecule has 3 rings (SSSR count). The molecular formula is C20H30IN7O. The number of nitrogens with one attached hydrogen (secondary N) is 1. The van der Waals surface area contributed by atoms with Gasteiger partial charge in [0.15, 0.2) is 11.8 Å². The molecule has 1 aromatic carbocycles. The summed E-state index contributed by atoms with van der Waals surface area (Å²) in [6.07, 6.45) is 2.46. The van der Waals surface area contributed by atoms with E-state index in [2.05, 4.69) is 32.5 Å². The predicted molar refractivity (Wildman–Crippen MR) is 124 cm³/mol. The number of primary amides is 1. The van der Waals surface area contributed by atoms with Crippen LogP contribution in [0.1, 0.15) is 36.5 Å². The number of likely N-dealkylation sites (tertiary alicyclic amines) is 1. The number of carbonyl (C=O) groups is 1. The molecule has 8 nitrogen and oxygen atoms in total. The van der Waals surface area contributed by atoms with E-state index in [1.165, 1.54) is 0 Å². The molecule has 0 bridgehead atoms. The summed E-state index contributed by atoms with van der Waals surface area (Å²) in [4.78, 5) is 18.4. The summed E-state index contributed by atoms with van der Waals surface area (Å²) >= 11 is 0. The predicted octanol–water partition coefficient (Wildman–Crippen LogP) is 1.97. The molecule has 0 aliphatic carbocycles. The second kappa shape index (κ2) is 11.1. The Hall–Kier alpha value is -2.17. The third kappa shape index (κ3) is 6.69. The van der Waals surface area contributed by atoms with Gasteiger partial charge in [0, 0.05) is 26.6 Å². The molecule has 158 valence electrons. The Morgan fingerprint density at radius 1 is 1.31 bits per heavy atom. The number of nitrogens with two attached hydrogens (primary N) is 1. The molecule has 1 aliphatic heterocycles. The lowest BCUT2D eigenvalue weighted by Gasteiger charge is -2.34. The van der Waals surface area contributed by atoms with E-state index in [1.807, 2.05) is 36.7 Å². The minimum atomic E-state index is -0.239. The van der Waals surface area contributed by atoms with E-state index in [0.29, 0.717) is 19.5 Å². The van der Waals surface area contributed by atoms with Gasteiger partial charge < -0.3 is 20.5 Å². The molecule has 2 heterocycles. The van der Waals surface area contributed by atoms with Crippen molar-refractivity contribution in [1.82, 2.24) is 25.0 Å². The van der Waals surface area contributed by atoms with E-state index >= 15 is 0 Å². The van der Waals surface area contributed by atoms with E-state index in [9.17, 15) is 4.79 Å². The highest BCUT2D eigenvalue weighted by Gasteiger charge is 2.24. The monoisotopic (exact) mass is 511 g/mol. The van der Waals surface area contributed by atoms with Crippen LogP contribution in [0.2, 0.25) is 0 Å². The maximum Gasteiger partial charge on any atom is 0.217 e. The Morgan fingerprint density at radius 3 is 2.72 bits per heavy atom. The van der Waals surface area contributed by atoms with Crippen molar-refractivity contribution in [2.45, 2.75) is 39.3 Å². The van der Waals surface area contributed by atoms with Gasteiger partial charge in [-0.05, 0) is 31.2 Å². The first kappa shape index (κ1) is 23.1. The Labute approximate surface area is 189 Å². The SMILES string of the molecule is Cc1nnc(CNC(=NCc2ccccc2)N2CCCC(CC(N)=O)C2)n1C.I. The number of nitrogens with zero attached hydrogens (tertiary/aromatic N) is 5. The summed E-state index contributed by atoms with van der Waals surface area (Å²) in [7, 11) is 1.96. The average Bonchev–Trinajstić information content (AvgIpc) is 3.00. The first-order chi connectivity index (χ1) is 13.5. The number of hydrogen-bond donors (Lipinski definition) is 2. The second-order valence-electron chi connectivity index (χ2n) is 7.33. The fourth-order valence-electron chi connectivity index (χ4n) is 3.49. The zero-order valence-electron chi connectivity index (χ0n) is 17.0. The van der Waals surface area contributed by atoms with E-state index < -0.39 is 0 Å². The van der Waals surface area contributed by atoms with E-state index in [-0.39, 0.29) is 35.8 Å². The Bertz CT molecular complexity index is 821. The summed E-state index contributed by atoms with van der Waals surface area (Å²) in [5.74, 6) is 2.59. The van der Waals surface area contributed by atoms with Crippen LogP contribution in [0, 0.1) is 12.8 Å². The number of benzene rings is 1. The minimum Gasteiger partial charge on any atom is -0.370 e. The number of amides is 1. The number of rotatable bonds is 6. The van der Waals surface area contributed by atoms with Crippen LogP contribution < -0.4 is 11.1 Å². The van der Waals surface area contributed by atoms with Crippen LogP contribution in [-0.4, -0.2) is 44.6 Å². The van der Waals surface area contributed by atoms with Crippen LogP contribution in [0.5, 0.6) is 0 Å². The van der Waals surface area contributed by atoms with Gasteiger partial charge in [-0.3, -0.25) is 4.79 Å². The molecule has 1 aliphatic rings. The molecule has 2 aromatic rings. The van der Waals surface area contributed by atoms with Crippen molar-refractivity contribution in [3.05, 3.63) is 47.5 Å². The van der Waals surface area contributed by atoms with Crippen LogP contribution in [0.25, 0.3) is 0 Å². The summed E-state index contributed by atoms with van der Waals surface area (Å²) in [6.45, 7) is 4.76. The van der Waals surface area contributed by atoms with Gasteiger partial charge in [-0.25, -0.2) is 4.99 Å². The molecule has 1 fully saturated rings. The normalized spacial score (nSPS) is 17.0. The van der Waals surface area contributed by atoms with E-state index in [0.717, 1.165) is 49.1 Å². The molecule has 3 N–H and O–H groups in total. The Kier molecular flexibility index (Phi) is 8.87. The number of hydrogen-bond acceptors (Lipinski definition) is 4. The van der Waals surface area contributed by atoms with Gasteiger partial charge in [0.25, 0.3) is 0 Å². The fourth-order valence-corrected chi connectivity index (χ4v) is 3.49. The van der Waals surface area contributed by atoms with Gasteiger partial charge in [-0.2, -0.15) is 0 Å². The highest BCUT2D eigenvalue weighted by Crippen LogP contribution is 2.19. The number of aliphatic imine (C=N–C) groups is 1.